The molecule has 1 saturated heterocycles. The van der Waals surface area contributed by atoms with Gasteiger partial charge in [-0.25, -0.2) is 9.37 Å². The smallest absolute Gasteiger partial charge is 0.194 e. The first-order valence-corrected chi connectivity index (χ1v) is 9.94. The lowest BCUT2D eigenvalue weighted by molar-refractivity contribution is 0.103. The Morgan fingerprint density at radius 2 is 2.03 bits per heavy atom. The topological polar surface area (TPSA) is 62.3 Å². The molecule has 4 rings (SSSR count). The summed E-state index contributed by atoms with van der Waals surface area (Å²) in [6.07, 6.45) is 2.78. The van der Waals surface area contributed by atoms with Crippen molar-refractivity contribution in [3.63, 3.8) is 0 Å². The van der Waals surface area contributed by atoms with Gasteiger partial charge in [-0.15, -0.1) is 0 Å². The molecule has 1 aliphatic heterocycles. The van der Waals surface area contributed by atoms with E-state index in [9.17, 15) is 14.0 Å². The molecule has 2 aromatic carbocycles. The molecule has 1 unspecified atom stereocenters. The number of benzene rings is 2. The lowest BCUT2D eigenvalue weighted by Crippen LogP contribution is -2.27. The Balaban J connectivity index is 1.51. The monoisotopic (exact) mass is 423 g/mol. The van der Waals surface area contributed by atoms with Crippen LogP contribution in [0.25, 0.3) is 0 Å². The number of nitrogens with zero attached hydrogens (tertiary/aromatic N) is 2. The number of rotatable bonds is 6. The van der Waals surface area contributed by atoms with Crippen LogP contribution in [0.3, 0.4) is 0 Å². The fourth-order valence-corrected chi connectivity index (χ4v) is 3.87. The third-order valence-electron chi connectivity index (χ3n) is 5.14. The fourth-order valence-electron chi connectivity index (χ4n) is 3.65. The van der Waals surface area contributed by atoms with E-state index in [1.54, 1.807) is 48.5 Å². The molecule has 1 aliphatic rings. The third-order valence-corrected chi connectivity index (χ3v) is 5.47. The van der Waals surface area contributed by atoms with Gasteiger partial charge in [0.2, 0.25) is 0 Å². The number of aromatic nitrogens is 1. The normalized spacial score (nSPS) is 15.8. The van der Waals surface area contributed by atoms with Crippen molar-refractivity contribution in [2.24, 2.45) is 0 Å². The summed E-state index contributed by atoms with van der Waals surface area (Å²) < 4.78 is 13.0. The number of ketones is 1. The maximum Gasteiger partial charge on any atom is 0.194 e. The number of carbonyl (C=O) groups is 2. The molecule has 1 fully saturated rings. The van der Waals surface area contributed by atoms with Crippen LogP contribution >= 0.6 is 11.6 Å². The molecular weight excluding hydrogens is 405 g/mol. The molecule has 7 heteroatoms. The zero-order valence-corrected chi connectivity index (χ0v) is 16.8. The average Bonchev–Trinajstić information content (AvgIpc) is 3.23. The van der Waals surface area contributed by atoms with Crippen molar-refractivity contribution in [3.8, 4) is 0 Å². The number of nitrogens with one attached hydrogen (secondary N) is 1. The maximum absolute atomic E-state index is 13.0. The number of aldehydes is 1. The Morgan fingerprint density at radius 3 is 2.77 bits per heavy atom. The standard InChI is InChI=1S/C23H19ClFN3O2/c24-20-4-2-1-3-19(20)23(30)15-5-7-21(16(11-15)14-29)28-10-9-18(13-28)27-22-8-6-17(25)12-26-22/h1-8,11-12,14,18H,9-10,13H2,(H,26,27). The molecule has 0 aliphatic carbocycles. The fraction of sp³-hybridized carbons (Fsp3) is 0.174. The lowest BCUT2D eigenvalue weighted by atomic mass is 10.0. The van der Waals surface area contributed by atoms with Crippen LogP contribution in [0.15, 0.2) is 60.8 Å². The summed E-state index contributed by atoms with van der Waals surface area (Å²) in [6.45, 7) is 1.41. The number of hydrogen-bond acceptors (Lipinski definition) is 5. The molecule has 1 N–H and O–H groups in total. The number of halogens is 2. The minimum absolute atomic E-state index is 0.117. The highest BCUT2D eigenvalue weighted by Crippen LogP contribution is 2.28. The van der Waals surface area contributed by atoms with Crippen LogP contribution in [0.2, 0.25) is 5.02 Å². The van der Waals surface area contributed by atoms with Gasteiger partial charge < -0.3 is 10.2 Å². The molecule has 2 heterocycles. The number of carbonyl (C=O) groups excluding carboxylic acids is 2. The van der Waals surface area contributed by atoms with Gasteiger partial charge in [0.05, 0.1) is 11.2 Å². The predicted molar refractivity (Wildman–Crippen MR) is 115 cm³/mol. The average molecular weight is 424 g/mol. The number of hydrogen-bond donors (Lipinski definition) is 1. The van der Waals surface area contributed by atoms with E-state index >= 15 is 0 Å². The van der Waals surface area contributed by atoms with Crippen LogP contribution in [0.4, 0.5) is 15.9 Å². The van der Waals surface area contributed by atoms with Gasteiger partial charge in [0.25, 0.3) is 0 Å². The molecule has 3 aromatic rings. The summed E-state index contributed by atoms with van der Waals surface area (Å²) in [5, 5.41) is 3.66. The van der Waals surface area contributed by atoms with Crippen LogP contribution < -0.4 is 10.2 Å². The molecule has 0 radical (unpaired) electrons. The van der Waals surface area contributed by atoms with Crippen LogP contribution in [0.1, 0.15) is 32.7 Å². The Hall–Kier alpha value is -3.25. The molecule has 0 spiro atoms. The van der Waals surface area contributed by atoms with Crippen molar-refractivity contribution < 1.29 is 14.0 Å². The highest BCUT2D eigenvalue weighted by Gasteiger charge is 2.25. The summed E-state index contributed by atoms with van der Waals surface area (Å²) in [5.74, 6) is 0.00814. The largest absolute Gasteiger partial charge is 0.369 e. The van der Waals surface area contributed by atoms with Crippen molar-refractivity contribution in [1.82, 2.24) is 4.98 Å². The Labute approximate surface area is 178 Å². The third kappa shape index (κ3) is 4.19. The van der Waals surface area contributed by atoms with Gasteiger partial charge in [-0.2, -0.15) is 0 Å². The minimum atomic E-state index is -0.379. The van der Waals surface area contributed by atoms with Crippen LogP contribution in [0, 0.1) is 5.82 Å². The van der Waals surface area contributed by atoms with E-state index in [1.807, 2.05) is 0 Å². The van der Waals surface area contributed by atoms with E-state index in [1.165, 1.54) is 12.3 Å². The van der Waals surface area contributed by atoms with Gasteiger partial charge >= 0.3 is 0 Å². The highest BCUT2D eigenvalue weighted by atomic mass is 35.5. The van der Waals surface area contributed by atoms with Crippen molar-refractivity contribution in [3.05, 3.63) is 88.3 Å². The van der Waals surface area contributed by atoms with Crippen LogP contribution in [-0.2, 0) is 0 Å². The zero-order valence-electron chi connectivity index (χ0n) is 16.0. The van der Waals surface area contributed by atoms with Gasteiger partial charge in [0.1, 0.15) is 11.6 Å². The maximum atomic E-state index is 13.0. The van der Waals surface area contributed by atoms with E-state index in [0.717, 1.165) is 24.9 Å². The van der Waals surface area contributed by atoms with Gasteiger partial charge in [-0.1, -0.05) is 23.7 Å². The number of anilines is 2. The lowest BCUT2D eigenvalue weighted by Gasteiger charge is -2.21. The minimum Gasteiger partial charge on any atom is -0.369 e. The highest BCUT2D eigenvalue weighted by molar-refractivity contribution is 6.35. The van der Waals surface area contributed by atoms with Gasteiger partial charge in [-0.3, -0.25) is 9.59 Å². The molecule has 0 bridgehead atoms. The molecule has 152 valence electrons. The van der Waals surface area contributed by atoms with E-state index in [-0.39, 0.29) is 17.6 Å². The molecule has 0 amide bonds. The van der Waals surface area contributed by atoms with Crippen molar-refractivity contribution >= 4 is 35.2 Å². The molecule has 1 atom stereocenters. The first kappa shape index (κ1) is 20.0. The van der Waals surface area contributed by atoms with E-state index in [2.05, 4.69) is 15.2 Å². The van der Waals surface area contributed by atoms with E-state index in [0.29, 0.717) is 34.1 Å². The van der Waals surface area contributed by atoms with Gasteiger partial charge in [0, 0.05) is 41.5 Å². The quantitative estimate of drug-likeness (QED) is 0.463. The Morgan fingerprint density at radius 1 is 1.20 bits per heavy atom. The van der Waals surface area contributed by atoms with E-state index in [4.69, 9.17) is 11.6 Å². The summed E-state index contributed by atoms with van der Waals surface area (Å²) in [6, 6.07) is 15.0. The van der Waals surface area contributed by atoms with Gasteiger partial charge in [-0.05, 0) is 48.9 Å². The SMILES string of the molecule is O=Cc1cc(C(=O)c2ccccc2Cl)ccc1N1CCC(Nc2ccc(F)cn2)C1. The molecular formula is C23H19ClFN3O2. The molecule has 5 nitrogen and oxygen atoms in total. The predicted octanol–water partition coefficient (Wildman–Crippen LogP) is 4.61. The second-order valence-corrected chi connectivity index (χ2v) is 7.55. The Kier molecular flexibility index (Phi) is 5.77. The van der Waals surface area contributed by atoms with Crippen molar-refractivity contribution in [2.45, 2.75) is 12.5 Å². The summed E-state index contributed by atoms with van der Waals surface area (Å²) in [5.41, 5.74) is 2.05. The first-order chi connectivity index (χ1) is 14.5. The van der Waals surface area contributed by atoms with Crippen molar-refractivity contribution in [2.75, 3.05) is 23.3 Å². The molecule has 0 saturated carbocycles. The van der Waals surface area contributed by atoms with Crippen molar-refractivity contribution in [1.29, 1.82) is 0 Å². The van der Waals surface area contributed by atoms with Crippen LogP contribution in [-0.4, -0.2) is 36.2 Å². The van der Waals surface area contributed by atoms with Crippen LogP contribution in [0.5, 0.6) is 0 Å². The number of pyridine rings is 1. The second-order valence-electron chi connectivity index (χ2n) is 7.14. The second kappa shape index (κ2) is 8.63. The Bertz CT molecular complexity index is 1090. The molecule has 1 aromatic heterocycles. The summed E-state index contributed by atoms with van der Waals surface area (Å²) >= 11 is 6.14. The summed E-state index contributed by atoms with van der Waals surface area (Å²) in [4.78, 5) is 30.7. The zero-order chi connectivity index (χ0) is 21.1. The van der Waals surface area contributed by atoms with Gasteiger partial charge in [0.15, 0.2) is 12.1 Å². The van der Waals surface area contributed by atoms with E-state index < -0.39 is 0 Å². The first-order valence-electron chi connectivity index (χ1n) is 9.56. The molecule has 30 heavy (non-hydrogen) atoms. The summed E-state index contributed by atoms with van der Waals surface area (Å²) in [7, 11) is 0.